The topological polar surface area (TPSA) is 199 Å². The molecule has 16 heteroatoms. The van der Waals surface area contributed by atoms with Crippen LogP contribution in [0.15, 0.2) is 60.7 Å². The molecule has 0 saturated heterocycles. The Balaban J connectivity index is 0.000000241. The van der Waals surface area contributed by atoms with Crippen molar-refractivity contribution < 1.29 is 47.1 Å². The molecule has 2 heterocycles. The number of ketones is 4. The van der Waals surface area contributed by atoms with Crippen molar-refractivity contribution in [2.24, 2.45) is 35.5 Å². The van der Waals surface area contributed by atoms with Crippen molar-refractivity contribution in [2.75, 3.05) is 26.4 Å². The maximum absolute atomic E-state index is 13.1. The van der Waals surface area contributed by atoms with Gasteiger partial charge in [-0.2, -0.15) is 0 Å². The summed E-state index contributed by atoms with van der Waals surface area (Å²) >= 11 is 0. The molecule has 0 bridgehead atoms. The van der Waals surface area contributed by atoms with Gasteiger partial charge >= 0.3 is 0 Å². The fourth-order valence-electron chi connectivity index (χ4n) is 8.43. The Morgan fingerprint density at radius 1 is 0.625 bits per heavy atom. The molecule has 0 unspecified atom stereocenters. The van der Waals surface area contributed by atoms with Gasteiger partial charge in [0.15, 0.2) is 24.9 Å². The molecule has 2 aliphatic rings. The normalized spacial score (nSPS) is 17.0. The Morgan fingerprint density at radius 3 is 1.31 bits per heavy atom. The number of nitrogens with one attached hydrogen (secondary N) is 4. The minimum Gasteiger partial charge on any atom is -0.352 e. The number of aromatic amines is 2. The number of amides is 4. The number of para-hydroxylation sites is 2. The molecule has 2 aliphatic carbocycles. The van der Waals surface area contributed by atoms with Gasteiger partial charge in [-0.25, -0.2) is 8.78 Å². The average molecular weight is 887 g/mol. The largest absolute Gasteiger partial charge is 0.352 e. The van der Waals surface area contributed by atoms with Crippen LogP contribution in [0.2, 0.25) is 0 Å². The number of carbonyl (C=O) groups is 8. The SMILES string of the molecule is CC(C)C[C@H](CC(=O)c1cc2ccccc2[nH]1)C(=O)NN(C[C@@H]1CCCC1=O)C(=O)CF.CC(C)C[C@H](CC(=O)c1cc2ccccc2[nH]1)C(=O)NN(C[C@H]1CCCC1=O)C(=O)CF. The molecule has 4 amide bonds. The van der Waals surface area contributed by atoms with E-state index in [2.05, 4.69) is 20.8 Å². The van der Waals surface area contributed by atoms with Gasteiger partial charge in [-0.15, -0.1) is 0 Å². The zero-order chi connectivity index (χ0) is 46.5. The number of H-pyrrole nitrogens is 2. The number of fused-ring (bicyclic) bond motifs is 2. The van der Waals surface area contributed by atoms with Crippen LogP contribution in [-0.4, -0.2) is 93.2 Å². The first kappa shape index (κ1) is 49.0. The lowest BCUT2D eigenvalue weighted by atomic mass is 9.91. The summed E-state index contributed by atoms with van der Waals surface area (Å²) in [4.78, 5) is 106. The Morgan fingerprint density at radius 2 is 1.00 bits per heavy atom. The second-order valence-corrected chi connectivity index (χ2v) is 17.8. The van der Waals surface area contributed by atoms with Crippen molar-refractivity contribution in [3.63, 3.8) is 0 Å². The highest BCUT2D eigenvalue weighted by Crippen LogP contribution is 2.26. The summed E-state index contributed by atoms with van der Waals surface area (Å²) in [6.07, 6.45) is 4.31. The number of benzene rings is 2. The number of carbonyl (C=O) groups excluding carboxylic acids is 8. The lowest BCUT2D eigenvalue weighted by Gasteiger charge is -2.27. The molecular formula is C48H60F2N6O8. The Labute approximate surface area is 371 Å². The van der Waals surface area contributed by atoms with E-state index in [0.29, 0.717) is 49.9 Å². The third-order valence-corrected chi connectivity index (χ3v) is 11.8. The lowest BCUT2D eigenvalue weighted by Crippen LogP contribution is -2.51. The number of Topliss-reactive ketones (excluding diaryl/α,β-unsaturated/α-hetero) is 4. The second-order valence-electron chi connectivity index (χ2n) is 17.8. The van der Waals surface area contributed by atoms with Crippen LogP contribution in [0.4, 0.5) is 8.78 Å². The van der Waals surface area contributed by atoms with Gasteiger partial charge in [-0.05, 0) is 74.6 Å². The van der Waals surface area contributed by atoms with Crippen LogP contribution in [-0.2, 0) is 28.8 Å². The maximum Gasteiger partial charge on any atom is 0.272 e. The zero-order valence-corrected chi connectivity index (χ0v) is 37.1. The van der Waals surface area contributed by atoms with Gasteiger partial charge in [0.1, 0.15) is 11.6 Å². The van der Waals surface area contributed by atoms with Crippen molar-refractivity contribution >= 4 is 68.6 Å². The molecule has 4 aromatic rings. The van der Waals surface area contributed by atoms with Crippen molar-refractivity contribution in [3.05, 3.63) is 72.1 Å². The summed E-state index contributed by atoms with van der Waals surface area (Å²) in [5, 5.41) is 3.64. The van der Waals surface area contributed by atoms with E-state index in [9.17, 15) is 47.1 Å². The highest BCUT2D eigenvalue weighted by Gasteiger charge is 2.33. The molecule has 344 valence electrons. The van der Waals surface area contributed by atoms with Crippen LogP contribution in [0.3, 0.4) is 0 Å². The first-order valence-electron chi connectivity index (χ1n) is 22.2. The van der Waals surface area contributed by atoms with E-state index < -0.39 is 60.6 Å². The van der Waals surface area contributed by atoms with E-state index in [0.717, 1.165) is 44.7 Å². The molecule has 2 fully saturated rings. The minimum absolute atomic E-state index is 0.0172. The van der Waals surface area contributed by atoms with Crippen LogP contribution >= 0.6 is 0 Å². The van der Waals surface area contributed by atoms with Gasteiger partial charge in [0.25, 0.3) is 11.8 Å². The first-order chi connectivity index (χ1) is 30.6. The smallest absolute Gasteiger partial charge is 0.272 e. The summed E-state index contributed by atoms with van der Waals surface area (Å²) in [6.45, 7) is 5.12. The molecule has 14 nitrogen and oxygen atoms in total. The van der Waals surface area contributed by atoms with Crippen LogP contribution in [0.5, 0.6) is 0 Å². The van der Waals surface area contributed by atoms with E-state index in [1.54, 1.807) is 12.1 Å². The standard InChI is InChI=1S/2C24H30FN3O4/c2*1-15(2)10-18(12-22(30)20-11-16-6-3-4-8-19(16)26-20)24(32)27-28(23(31)13-25)14-17-7-5-9-21(17)29/h2*3-4,6,8,11,15,17-18,26H,5,7,9-10,12-14H2,1-2H3,(H,27,32)/t17-,18+;17-,18-/m01/s1. The molecule has 4 atom stereocenters. The number of rotatable bonds is 18. The predicted molar refractivity (Wildman–Crippen MR) is 237 cm³/mol. The fourth-order valence-corrected chi connectivity index (χ4v) is 8.43. The molecule has 0 spiro atoms. The third-order valence-electron chi connectivity index (χ3n) is 11.8. The Hall–Kier alpha value is -6.06. The van der Waals surface area contributed by atoms with Crippen molar-refractivity contribution in [1.82, 2.24) is 30.8 Å². The summed E-state index contributed by atoms with van der Waals surface area (Å²) in [5.41, 5.74) is 7.49. The van der Waals surface area contributed by atoms with E-state index >= 15 is 0 Å². The van der Waals surface area contributed by atoms with Gasteiger partial charge in [-0.3, -0.25) is 59.2 Å². The zero-order valence-electron chi connectivity index (χ0n) is 37.1. The van der Waals surface area contributed by atoms with E-state index in [-0.39, 0.29) is 60.9 Å². The van der Waals surface area contributed by atoms with Crippen molar-refractivity contribution in [3.8, 4) is 0 Å². The van der Waals surface area contributed by atoms with Gasteiger partial charge in [0.2, 0.25) is 11.8 Å². The fraction of sp³-hybridized carbons (Fsp3) is 0.500. The number of alkyl halides is 2. The van der Waals surface area contributed by atoms with Crippen LogP contribution in [0.25, 0.3) is 21.8 Å². The van der Waals surface area contributed by atoms with Gasteiger partial charge in [-0.1, -0.05) is 64.1 Å². The minimum atomic E-state index is -1.27. The number of aromatic nitrogens is 2. The molecule has 2 aromatic heterocycles. The maximum atomic E-state index is 13.1. The lowest BCUT2D eigenvalue weighted by molar-refractivity contribution is -0.145. The van der Waals surface area contributed by atoms with Gasteiger partial charge in [0.05, 0.1) is 24.5 Å². The Kier molecular flexibility index (Phi) is 17.6. The van der Waals surface area contributed by atoms with E-state index in [1.807, 2.05) is 76.2 Å². The van der Waals surface area contributed by atoms with Crippen molar-refractivity contribution in [1.29, 1.82) is 0 Å². The summed E-state index contributed by atoms with van der Waals surface area (Å²) in [7, 11) is 0. The summed E-state index contributed by atoms with van der Waals surface area (Å²) in [5.74, 6) is -5.15. The molecular weight excluding hydrogens is 827 g/mol. The van der Waals surface area contributed by atoms with Gasteiger partial charge < -0.3 is 9.97 Å². The molecule has 64 heavy (non-hydrogen) atoms. The number of hydrogen-bond donors (Lipinski definition) is 4. The van der Waals surface area contributed by atoms with Crippen LogP contribution < -0.4 is 10.9 Å². The van der Waals surface area contributed by atoms with E-state index in [1.165, 1.54) is 0 Å². The molecule has 4 N–H and O–H groups in total. The molecule has 0 radical (unpaired) electrons. The summed E-state index contributed by atoms with van der Waals surface area (Å²) < 4.78 is 26.2. The van der Waals surface area contributed by atoms with Crippen molar-refractivity contribution in [2.45, 2.75) is 91.9 Å². The number of hydrogen-bond acceptors (Lipinski definition) is 8. The monoisotopic (exact) mass is 886 g/mol. The quantitative estimate of drug-likeness (QED) is 0.0594. The molecule has 0 aliphatic heterocycles. The number of halogens is 2. The summed E-state index contributed by atoms with van der Waals surface area (Å²) in [6, 6.07) is 18.5. The van der Waals surface area contributed by atoms with Crippen LogP contribution in [0.1, 0.15) is 113 Å². The average Bonchev–Trinajstić information content (AvgIpc) is 4.09. The highest BCUT2D eigenvalue weighted by atomic mass is 19.1. The number of hydrazine groups is 2. The first-order valence-corrected chi connectivity index (χ1v) is 22.2. The second kappa shape index (κ2) is 23.0. The van der Waals surface area contributed by atoms with E-state index in [4.69, 9.17) is 0 Å². The van der Waals surface area contributed by atoms with Gasteiger partial charge in [0, 0.05) is 71.2 Å². The molecule has 2 aromatic carbocycles. The number of nitrogens with zero attached hydrogens (tertiary/aromatic N) is 2. The Bertz CT molecular complexity index is 2090. The molecule has 2 saturated carbocycles. The highest BCUT2D eigenvalue weighted by molar-refractivity contribution is 6.02. The van der Waals surface area contributed by atoms with Crippen LogP contribution in [0, 0.1) is 35.5 Å². The molecule has 6 rings (SSSR count). The predicted octanol–water partition coefficient (Wildman–Crippen LogP) is 7.20. The third kappa shape index (κ3) is 13.5.